The number of imidazole rings is 1. The lowest BCUT2D eigenvalue weighted by Crippen LogP contribution is -2.25. The SMILES string of the molecule is CC(C)c1nc2c(n1CCOc1ccccc1)CCNC2. The van der Waals surface area contributed by atoms with E-state index in [1.54, 1.807) is 0 Å². The summed E-state index contributed by atoms with van der Waals surface area (Å²) in [5.74, 6) is 2.55. The van der Waals surface area contributed by atoms with Crippen LogP contribution >= 0.6 is 0 Å². The molecule has 1 aromatic heterocycles. The van der Waals surface area contributed by atoms with Gasteiger partial charge < -0.3 is 14.6 Å². The smallest absolute Gasteiger partial charge is 0.119 e. The van der Waals surface area contributed by atoms with Crippen molar-refractivity contribution in [3.8, 4) is 5.75 Å². The van der Waals surface area contributed by atoms with Crippen molar-refractivity contribution < 1.29 is 4.74 Å². The molecule has 0 bridgehead atoms. The monoisotopic (exact) mass is 285 g/mol. The molecule has 1 aliphatic rings. The van der Waals surface area contributed by atoms with Gasteiger partial charge in [-0.3, -0.25) is 0 Å². The molecule has 4 heteroatoms. The topological polar surface area (TPSA) is 39.1 Å². The Kier molecular flexibility index (Phi) is 4.25. The van der Waals surface area contributed by atoms with Crippen LogP contribution in [0.2, 0.25) is 0 Å². The second-order valence-corrected chi connectivity index (χ2v) is 5.76. The summed E-state index contributed by atoms with van der Waals surface area (Å²) in [5, 5.41) is 3.40. The van der Waals surface area contributed by atoms with E-state index in [4.69, 9.17) is 9.72 Å². The molecule has 0 saturated heterocycles. The van der Waals surface area contributed by atoms with Gasteiger partial charge in [0.25, 0.3) is 0 Å². The molecule has 2 heterocycles. The zero-order valence-corrected chi connectivity index (χ0v) is 12.8. The van der Waals surface area contributed by atoms with E-state index in [1.807, 2.05) is 30.3 Å². The van der Waals surface area contributed by atoms with Gasteiger partial charge in [-0.1, -0.05) is 32.0 Å². The Morgan fingerprint density at radius 3 is 2.86 bits per heavy atom. The quantitative estimate of drug-likeness (QED) is 0.918. The summed E-state index contributed by atoms with van der Waals surface area (Å²) >= 11 is 0. The van der Waals surface area contributed by atoms with Crippen LogP contribution in [0.15, 0.2) is 30.3 Å². The zero-order chi connectivity index (χ0) is 14.7. The second kappa shape index (κ2) is 6.31. The second-order valence-electron chi connectivity index (χ2n) is 5.76. The third kappa shape index (κ3) is 3.10. The maximum atomic E-state index is 5.84. The molecule has 0 atom stereocenters. The van der Waals surface area contributed by atoms with Gasteiger partial charge in [-0.05, 0) is 12.1 Å². The van der Waals surface area contributed by atoms with Gasteiger partial charge in [-0.2, -0.15) is 0 Å². The molecule has 3 rings (SSSR count). The molecule has 1 aromatic carbocycles. The van der Waals surface area contributed by atoms with Crippen LogP contribution in [0.4, 0.5) is 0 Å². The Balaban J connectivity index is 1.73. The van der Waals surface area contributed by atoms with Crippen LogP contribution in [0.5, 0.6) is 5.75 Å². The number of rotatable bonds is 5. The van der Waals surface area contributed by atoms with Gasteiger partial charge in [0, 0.05) is 31.1 Å². The number of nitrogens with zero attached hydrogens (tertiary/aromatic N) is 2. The fourth-order valence-electron chi connectivity index (χ4n) is 2.85. The highest BCUT2D eigenvalue weighted by Gasteiger charge is 2.20. The fourth-order valence-corrected chi connectivity index (χ4v) is 2.85. The van der Waals surface area contributed by atoms with Crippen molar-refractivity contribution in [2.45, 2.75) is 39.3 Å². The third-order valence-corrected chi connectivity index (χ3v) is 3.86. The molecule has 1 aliphatic heterocycles. The summed E-state index contributed by atoms with van der Waals surface area (Å²) in [5.41, 5.74) is 2.60. The minimum atomic E-state index is 0.437. The summed E-state index contributed by atoms with van der Waals surface area (Å²) in [7, 11) is 0. The minimum Gasteiger partial charge on any atom is -0.492 e. The number of hydrogen-bond donors (Lipinski definition) is 1. The minimum absolute atomic E-state index is 0.437. The highest BCUT2D eigenvalue weighted by atomic mass is 16.5. The van der Waals surface area contributed by atoms with E-state index in [1.165, 1.54) is 17.2 Å². The van der Waals surface area contributed by atoms with E-state index in [0.717, 1.165) is 31.8 Å². The molecule has 0 unspecified atom stereocenters. The van der Waals surface area contributed by atoms with Crippen LogP contribution in [-0.2, 0) is 19.5 Å². The van der Waals surface area contributed by atoms with Crippen molar-refractivity contribution in [2.75, 3.05) is 13.2 Å². The summed E-state index contributed by atoms with van der Waals surface area (Å²) in [6.45, 7) is 7.88. The van der Waals surface area contributed by atoms with Crippen molar-refractivity contribution in [3.63, 3.8) is 0 Å². The molecule has 0 radical (unpaired) electrons. The summed E-state index contributed by atoms with van der Waals surface area (Å²) in [4.78, 5) is 4.82. The Hall–Kier alpha value is -1.81. The van der Waals surface area contributed by atoms with Crippen molar-refractivity contribution in [3.05, 3.63) is 47.5 Å². The number of nitrogens with one attached hydrogen (secondary N) is 1. The summed E-state index contributed by atoms with van der Waals surface area (Å²) < 4.78 is 8.21. The molecule has 1 N–H and O–H groups in total. The number of aromatic nitrogens is 2. The fraction of sp³-hybridized carbons (Fsp3) is 0.471. The first kappa shape index (κ1) is 14.1. The summed E-state index contributed by atoms with van der Waals surface area (Å²) in [6, 6.07) is 10.00. The number of fused-ring (bicyclic) bond motifs is 1. The summed E-state index contributed by atoms with van der Waals surface area (Å²) in [6.07, 6.45) is 1.06. The lowest BCUT2D eigenvalue weighted by atomic mass is 10.2. The standard InChI is InChI=1S/C17H23N3O/c1-13(2)17-19-15-12-18-9-8-16(15)20(17)10-11-21-14-6-4-3-5-7-14/h3-7,13,18H,8-12H2,1-2H3. The molecule has 0 saturated carbocycles. The Bertz CT molecular complexity index is 590. The molecule has 0 aliphatic carbocycles. The van der Waals surface area contributed by atoms with Gasteiger partial charge in [0.2, 0.25) is 0 Å². The predicted molar refractivity (Wildman–Crippen MR) is 83.7 cm³/mol. The normalized spacial score (nSPS) is 14.2. The Morgan fingerprint density at radius 2 is 2.10 bits per heavy atom. The first-order chi connectivity index (χ1) is 10.3. The van der Waals surface area contributed by atoms with E-state index in [2.05, 4.69) is 23.7 Å². The molecular formula is C17H23N3O. The molecule has 112 valence electrons. The van der Waals surface area contributed by atoms with Crippen molar-refractivity contribution in [1.29, 1.82) is 0 Å². The maximum absolute atomic E-state index is 5.84. The van der Waals surface area contributed by atoms with Gasteiger partial charge in [-0.25, -0.2) is 4.98 Å². The third-order valence-electron chi connectivity index (χ3n) is 3.86. The van der Waals surface area contributed by atoms with Crippen LogP contribution in [-0.4, -0.2) is 22.7 Å². The van der Waals surface area contributed by atoms with Gasteiger partial charge in [0.15, 0.2) is 0 Å². The first-order valence-electron chi connectivity index (χ1n) is 7.72. The lowest BCUT2D eigenvalue weighted by molar-refractivity contribution is 0.293. The predicted octanol–water partition coefficient (Wildman–Crippen LogP) is 2.73. The Morgan fingerprint density at radius 1 is 1.29 bits per heavy atom. The molecule has 2 aromatic rings. The molecule has 0 fully saturated rings. The van der Waals surface area contributed by atoms with E-state index in [9.17, 15) is 0 Å². The van der Waals surface area contributed by atoms with Crippen LogP contribution in [0.1, 0.15) is 37.0 Å². The largest absolute Gasteiger partial charge is 0.492 e. The number of ether oxygens (including phenoxy) is 1. The molecule has 21 heavy (non-hydrogen) atoms. The molecule has 4 nitrogen and oxygen atoms in total. The van der Waals surface area contributed by atoms with Crippen molar-refractivity contribution >= 4 is 0 Å². The number of benzene rings is 1. The number of para-hydroxylation sites is 1. The van der Waals surface area contributed by atoms with Gasteiger partial charge in [0.1, 0.15) is 18.2 Å². The molecular weight excluding hydrogens is 262 g/mol. The van der Waals surface area contributed by atoms with E-state index >= 15 is 0 Å². The number of hydrogen-bond acceptors (Lipinski definition) is 3. The van der Waals surface area contributed by atoms with Gasteiger partial charge >= 0.3 is 0 Å². The molecule has 0 amide bonds. The van der Waals surface area contributed by atoms with Gasteiger partial charge in [-0.15, -0.1) is 0 Å². The van der Waals surface area contributed by atoms with E-state index in [0.29, 0.717) is 12.5 Å². The van der Waals surface area contributed by atoms with E-state index < -0.39 is 0 Å². The van der Waals surface area contributed by atoms with Crippen LogP contribution in [0.25, 0.3) is 0 Å². The van der Waals surface area contributed by atoms with Crippen LogP contribution < -0.4 is 10.1 Å². The molecule has 0 spiro atoms. The highest BCUT2D eigenvalue weighted by Crippen LogP contribution is 2.21. The van der Waals surface area contributed by atoms with Gasteiger partial charge in [0.05, 0.1) is 12.2 Å². The average molecular weight is 285 g/mol. The zero-order valence-electron chi connectivity index (χ0n) is 12.8. The highest BCUT2D eigenvalue weighted by molar-refractivity contribution is 5.22. The lowest BCUT2D eigenvalue weighted by Gasteiger charge is -2.17. The van der Waals surface area contributed by atoms with Crippen LogP contribution in [0, 0.1) is 0 Å². The van der Waals surface area contributed by atoms with E-state index in [-0.39, 0.29) is 0 Å². The van der Waals surface area contributed by atoms with Crippen molar-refractivity contribution in [1.82, 2.24) is 14.9 Å². The maximum Gasteiger partial charge on any atom is 0.119 e. The first-order valence-corrected chi connectivity index (χ1v) is 7.72. The van der Waals surface area contributed by atoms with Crippen molar-refractivity contribution in [2.24, 2.45) is 0 Å². The average Bonchev–Trinajstić information content (AvgIpc) is 2.88. The van der Waals surface area contributed by atoms with Crippen LogP contribution in [0.3, 0.4) is 0 Å². The Labute approximate surface area is 126 Å².